The third kappa shape index (κ3) is 3.76. The highest BCUT2D eigenvalue weighted by Crippen LogP contribution is 2.11. The van der Waals surface area contributed by atoms with Crippen molar-refractivity contribution in [1.29, 1.82) is 0 Å². The Morgan fingerprint density at radius 1 is 1.29 bits per heavy atom. The molecule has 0 bridgehead atoms. The van der Waals surface area contributed by atoms with E-state index in [4.69, 9.17) is 10.5 Å². The number of nitrogens with zero attached hydrogens (tertiary/aromatic N) is 5. The molecule has 1 fully saturated rings. The SMILES string of the molecule is Cl.NCC1CN(Cc2nnnn2-c2ccccc2)CCO1. The van der Waals surface area contributed by atoms with Gasteiger partial charge < -0.3 is 10.5 Å². The van der Waals surface area contributed by atoms with E-state index in [-0.39, 0.29) is 18.5 Å². The molecule has 0 radical (unpaired) electrons. The topological polar surface area (TPSA) is 82.1 Å². The second kappa shape index (κ2) is 7.46. The summed E-state index contributed by atoms with van der Waals surface area (Å²) >= 11 is 0. The molecule has 2 N–H and O–H groups in total. The molecule has 3 rings (SSSR count). The molecular formula is C13H19ClN6O. The molecule has 0 aliphatic carbocycles. The van der Waals surface area contributed by atoms with Crippen molar-refractivity contribution in [3.8, 4) is 5.69 Å². The number of para-hydroxylation sites is 1. The van der Waals surface area contributed by atoms with Crippen LogP contribution in [0.1, 0.15) is 5.82 Å². The van der Waals surface area contributed by atoms with Crippen molar-refractivity contribution in [3.05, 3.63) is 36.2 Å². The fourth-order valence-corrected chi connectivity index (χ4v) is 2.34. The second-order valence-electron chi connectivity index (χ2n) is 4.81. The highest BCUT2D eigenvalue weighted by atomic mass is 35.5. The highest BCUT2D eigenvalue weighted by molar-refractivity contribution is 5.85. The van der Waals surface area contributed by atoms with Gasteiger partial charge in [-0.1, -0.05) is 18.2 Å². The van der Waals surface area contributed by atoms with Crippen LogP contribution in [0, 0.1) is 0 Å². The summed E-state index contributed by atoms with van der Waals surface area (Å²) in [4.78, 5) is 2.27. The quantitative estimate of drug-likeness (QED) is 0.871. The maximum Gasteiger partial charge on any atom is 0.170 e. The zero-order valence-electron chi connectivity index (χ0n) is 11.6. The summed E-state index contributed by atoms with van der Waals surface area (Å²) in [5.41, 5.74) is 6.63. The zero-order valence-corrected chi connectivity index (χ0v) is 12.4. The molecular weight excluding hydrogens is 292 g/mol. The van der Waals surface area contributed by atoms with Gasteiger partial charge in [-0.2, -0.15) is 4.68 Å². The summed E-state index contributed by atoms with van der Waals surface area (Å²) in [5.74, 6) is 0.828. The molecule has 1 aliphatic heterocycles. The van der Waals surface area contributed by atoms with Crippen LogP contribution in [0.15, 0.2) is 30.3 Å². The third-order valence-electron chi connectivity index (χ3n) is 3.39. The lowest BCUT2D eigenvalue weighted by Crippen LogP contribution is -2.45. The summed E-state index contributed by atoms with van der Waals surface area (Å²) in [5, 5.41) is 12.0. The second-order valence-corrected chi connectivity index (χ2v) is 4.81. The van der Waals surface area contributed by atoms with Gasteiger partial charge in [0.05, 0.1) is 24.9 Å². The summed E-state index contributed by atoms with van der Waals surface area (Å²) in [7, 11) is 0. The molecule has 1 unspecified atom stereocenters. The number of morpholine rings is 1. The molecule has 1 saturated heterocycles. The Hall–Kier alpha value is -1.54. The van der Waals surface area contributed by atoms with Crippen LogP contribution in [0.4, 0.5) is 0 Å². The molecule has 1 aromatic heterocycles. The first-order chi connectivity index (χ1) is 9.86. The maximum absolute atomic E-state index is 5.66. The molecule has 21 heavy (non-hydrogen) atoms. The van der Waals surface area contributed by atoms with Crippen molar-refractivity contribution < 1.29 is 4.74 Å². The van der Waals surface area contributed by atoms with Gasteiger partial charge in [0.15, 0.2) is 5.82 Å². The molecule has 7 nitrogen and oxygen atoms in total. The Balaban J connectivity index is 0.00000161. The number of rotatable bonds is 4. The maximum atomic E-state index is 5.66. The fourth-order valence-electron chi connectivity index (χ4n) is 2.34. The minimum atomic E-state index is 0. The molecule has 114 valence electrons. The minimum absolute atomic E-state index is 0. The van der Waals surface area contributed by atoms with Crippen LogP contribution in [0.3, 0.4) is 0 Å². The van der Waals surface area contributed by atoms with Gasteiger partial charge in [-0.05, 0) is 22.6 Å². The molecule has 0 amide bonds. The molecule has 1 atom stereocenters. The Morgan fingerprint density at radius 2 is 2.10 bits per heavy atom. The first-order valence-corrected chi connectivity index (χ1v) is 6.73. The number of tetrazole rings is 1. The average Bonchev–Trinajstić information content (AvgIpc) is 2.96. The Morgan fingerprint density at radius 3 is 2.86 bits per heavy atom. The van der Waals surface area contributed by atoms with E-state index in [0.717, 1.165) is 24.6 Å². The monoisotopic (exact) mass is 310 g/mol. The summed E-state index contributed by atoms with van der Waals surface area (Å²) in [6.07, 6.45) is 0.102. The summed E-state index contributed by atoms with van der Waals surface area (Å²) in [6, 6.07) is 9.89. The van der Waals surface area contributed by atoms with Crippen molar-refractivity contribution in [3.63, 3.8) is 0 Å². The smallest absolute Gasteiger partial charge is 0.170 e. The number of hydrogen-bond acceptors (Lipinski definition) is 6. The average molecular weight is 311 g/mol. The largest absolute Gasteiger partial charge is 0.374 e. The van der Waals surface area contributed by atoms with Gasteiger partial charge in [-0.3, -0.25) is 4.90 Å². The highest BCUT2D eigenvalue weighted by Gasteiger charge is 2.21. The number of halogens is 1. The van der Waals surface area contributed by atoms with Crippen LogP contribution < -0.4 is 5.73 Å². The van der Waals surface area contributed by atoms with Gasteiger partial charge in [-0.15, -0.1) is 17.5 Å². The molecule has 8 heteroatoms. The summed E-state index contributed by atoms with van der Waals surface area (Å²) < 4.78 is 7.34. The third-order valence-corrected chi connectivity index (χ3v) is 3.39. The van der Waals surface area contributed by atoms with Gasteiger partial charge >= 0.3 is 0 Å². The molecule has 2 heterocycles. The van der Waals surface area contributed by atoms with E-state index < -0.39 is 0 Å². The van der Waals surface area contributed by atoms with Crippen LogP contribution >= 0.6 is 12.4 Å². The van der Waals surface area contributed by atoms with Gasteiger partial charge in [0, 0.05) is 19.6 Å². The van der Waals surface area contributed by atoms with E-state index in [9.17, 15) is 0 Å². The predicted octanol–water partition coefficient (Wildman–Crippen LogP) is 0.244. The van der Waals surface area contributed by atoms with E-state index in [2.05, 4.69) is 20.4 Å². The van der Waals surface area contributed by atoms with E-state index in [1.54, 1.807) is 4.68 Å². The fraction of sp³-hybridized carbons (Fsp3) is 0.462. The minimum Gasteiger partial charge on any atom is -0.374 e. The van der Waals surface area contributed by atoms with Crippen LogP contribution in [0.2, 0.25) is 0 Å². The first-order valence-electron chi connectivity index (χ1n) is 6.73. The number of ether oxygens (including phenoxy) is 1. The molecule has 0 spiro atoms. The lowest BCUT2D eigenvalue weighted by molar-refractivity contribution is -0.0270. The van der Waals surface area contributed by atoms with Crippen LogP contribution in [0.5, 0.6) is 0 Å². The van der Waals surface area contributed by atoms with Crippen molar-refractivity contribution in [2.45, 2.75) is 12.6 Å². The predicted molar refractivity (Wildman–Crippen MR) is 80.5 cm³/mol. The van der Waals surface area contributed by atoms with Gasteiger partial charge in [0.2, 0.25) is 0 Å². The van der Waals surface area contributed by atoms with Gasteiger partial charge in [-0.25, -0.2) is 0 Å². The molecule has 1 aliphatic rings. The molecule has 1 aromatic carbocycles. The Labute approximate surface area is 129 Å². The lowest BCUT2D eigenvalue weighted by atomic mass is 10.2. The van der Waals surface area contributed by atoms with Crippen molar-refractivity contribution in [1.82, 2.24) is 25.1 Å². The lowest BCUT2D eigenvalue weighted by Gasteiger charge is -2.31. The normalized spacial score (nSPS) is 19.2. The van der Waals surface area contributed by atoms with Crippen LogP contribution in [-0.4, -0.2) is 57.5 Å². The first kappa shape index (κ1) is 15.8. The van der Waals surface area contributed by atoms with E-state index in [1.165, 1.54) is 0 Å². The number of nitrogens with two attached hydrogens (primary N) is 1. The van der Waals surface area contributed by atoms with E-state index in [1.807, 2.05) is 30.3 Å². The zero-order chi connectivity index (χ0) is 13.8. The van der Waals surface area contributed by atoms with Crippen LogP contribution in [0.25, 0.3) is 5.69 Å². The Kier molecular flexibility index (Phi) is 5.63. The number of benzene rings is 1. The Bertz CT molecular complexity index is 549. The van der Waals surface area contributed by atoms with Crippen molar-refractivity contribution >= 4 is 12.4 Å². The van der Waals surface area contributed by atoms with Gasteiger partial charge in [0.1, 0.15) is 0 Å². The number of hydrogen-bond donors (Lipinski definition) is 1. The van der Waals surface area contributed by atoms with Crippen molar-refractivity contribution in [2.75, 3.05) is 26.2 Å². The molecule has 0 saturated carbocycles. The van der Waals surface area contributed by atoms with E-state index in [0.29, 0.717) is 19.7 Å². The standard InChI is InChI=1S/C13H18N6O.ClH/c14-8-12-9-18(6-7-20-12)10-13-15-16-17-19(13)11-4-2-1-3-5-11;/h1-5,12H,6-10,14H2;1H. The molecule has 2 aromatic rings. The number of aromatic nitrogens is 4. The van der Waals surface area contributed by atoms with E-state index >= 15 is 0 Å². The van der Waals surface area contributed by atoms with Crippen LogP contribution in [-0.2, 0) is 11.3 Å². The summed E-state index contributed by atoms with van der Waals surface area (Å²) in [6.45, 7) is 3.63. The van der Waals surface area contributed by atoms with Crippen molar-refractivity contribution in [2.24, 2.45) is 5.73 Å². The van der Waals surface area contributed by atoms with Gasteiger partial charge in [0.25, 0.3) is 0 Å².